The van der Waals surface area contributed by atoms with E-state index >= 15 is 0 Å². The van der Waals surface area contributed by atoms with Crippen LogP contribution in [0.2, 0.25) is 0 Å². The van der Waals surface area contributed by atoms with Crippen molar-refractivity contribution in [3.63, 3.8) is 0 Å². The molecule has 2 aromatic heterocycles. The molecule has 0 spiro atoms. The van der Waals surface area contributed by atoms with Gasteiger partial charge in [-0.2, -0.15) is 0 Å². The quantitative estimate of drug-likeness (QED) is 0.638. The first-order chi connectivity index (χ1) is 15.4. The van der Waals surface area contributed by atoms with Gasteiger partial charge in [-0.1, -0.05) is 44.9 Å². The summed E-state index contributed by atoms with van der Waals surface area (Å²) in [6, 6.07) is 11.9. The van der Waals surface area contributed by atoms with Crippen LogP contribution >= 0.6 is 11.3 Å². The maximum atomic E-state index is 13.9. The van der Waals surface area contributed by atoms with Crippen molar-refractivity contribution in [1.29, 1.82) is 0 Å². The SMILES string of the molecule is C[C@@H]1[C@H](C)CCC[C@@H]1NC(=O)[C@@]1(C)Cn2c(nc3ccccc32)C(=O)N1Cc1cccs1. The maximum absolute atomic E-state index is 13.9. The third-order valence-electron chi connectivity index (χ3n) is 7.56. The number of aromatic nitrogens is 2. The molecule has 0 unspecified atom stereocenters. The van der Waals surface area contributed by atoms with E-state index in [1.165, 1.54) is 6.42 Å². The Kier molecular flexibility index (Phi) is 5.32. The summed E-state index contributed by atoms with van der Waals surface area (Å²) < 4.78 is 1.93. The van der Waals surface area contributed by atoms with Crippen molar-refractivity contribution in [3.05, 3.63) is 52.5 Å². The Morgan fingerprint density at radius 2 is 2.03 bits per heavy atom. The molecule has 1 aromatic carbocycles. The molecule has 5 rings (SSSR count). The zero-order valence-corrected chi connectivity index (χ0v) is 19.7. The number of carbonyl (C=O) groups excluding carboxylic acids is 2. The van der Waals surface area contributed by atoms with Crippen molar-refractivity contribution < 1.29 is 9.59 Å². The van der Waals surface area contributed by atoms with Crippen molar-refractivity contribution >= 4 is 34.2 Å². The lowest BCUT2D eigenvalue weighted by molar-refractivity contribution is -0.134. The second-order valence-corrected chi connectivity index (χ2v) is 10.6. The van der Waals surface area contributed by atoms with Crippen LogP contribution in [0.5, 0.6) is 0 Å². The van der Waals surface area contributed by atoms with E-state index in [0.29, 0.717) is 30.7 Å². The molecule has 4 atom stereocenters. The molecule has 1 aliphatic carbocycles. The Hall–Kier alpha value is -2.67. The average molecular weight is 451 g/mol. The Labute approximate surface area is 192 Å². The van der Waals surface area contributed by atoms with Crippen LogP contribution in [0.3, 0.4) is 0 Å². The van der Waals surface area contributed by atoms with Gasteiger partial charge in [-0.05, 0) is 48.8 Å². The van der Waals surface area contributed by atoms with E-state index in [1.807, 2.05) is 53.3 Å². The largest absolute Gasteiger partial charge is 0.351 e. The van der Waals surface area contributed by atoms with Gasteiger partial charge in [0.1, 0.15) is 5.54 Å². The summed E-state index contributed by atoms with van der Waals surface area (Å²) in [7, 11) is 0. The third kappa shape index (κ3) is 3.43. The highest BCUT2D eigenvalue weighted by atomic mass is 32.1. The second kappa shape index (κ2) is 8.03. The van der Waals surface area contributed by atoms with E-state index in [-0.39, 0.29) is 17.9 Å². The van der Waals surface area contributed by atoms with Gasteiger partial charge in [-0.15, -0.1) is 11.3 Å². The number of amides is 2. The molecule has 168 valence electrons. The molecule has 6 nitrogen and oxygen atoms in total. The van der Waals surface area contributed by atoms with Crippen LogP contribution in [0.15, 0.2) is 41.8 Å². The highest BCUT2D eigenvalue weighted by molar-refractivity contribution is 7.09. The smallest absolute Gasteiger partial charge is 0.291 e. The van der Waals surface area contributed by atoms with Gasteiger partial charge < -0.3 is 14.8 Å². The molecule has 2 amide bonds. The lowest BCUT2D eigenvalue weighted by Gasteiger charge is -2.45. The zero-order chi connectivity index (χ0) is 22.5. The lowest BCUT2D eigenvalue weighted by atomic mass is 9.77. The second-order valence-electron chi connectivity index (χ2n) is 9.60. The van der Waals surface area contributed by atoms with E-state index in [9.17, 15) is 9.59 Å². The van der Waals surface area contributed by atoms with Gasteiger partial charge in [0.25, 0.3) is 5.91 Å². The van der Waals surface area contributed by atoms with Crippen LogP contribution in [-0.2, 0) is 17.9 Å². The van der Waals surface area contributed by atoms with E-state index in [4.69, 9.17) is 0 Å². The molecule has 3 aromatic rings. The average Bonchev–Trinajstić information content (AvgIpc) is 3.42. The van der Waals surface area contributed by atoms with Crippen molar-refractivity contribution in [2.45, 2.75) is 64.7 Å². The van der Waals surface area contributed by atoms with E-state index in [2.05, 4.69) is 24.1 Å². The van der Waals surface area contributed by atoms with Crippen LogP contribution in [0.1, 0.15) is 55.5 Å². The summed E-state index contributed by atoms with van der Waals surface area (Å²) in [5, 5.41) is 5.35. The molecular weight excluding hydrogens is 420 g/mol. The third-order valence-corrected chi connectivity index (χ3v) is 8.42. The number of thiophene rings is 1. The molecular formula is C25H30N4O2S. The number of carbonyl (C=O) groups is 2. The van der Waals surface area contributed by atoms with E-state index in [1.54, 1.807) is 16.2 Å². The van der Waals surface area contributed by atoms with Crippen molar-refractivity contribution in [1.82, 2.24) is 19.8 Å². The highest BCUT2D eigenvalue weighted by Crippen LogP contribution is 2.34. The summed E-state index contributed by atoms with van der Waals surface area (Å²) >= 11 is 1.60. The van der Waals surface area contributed by atoms with Gasteiger partial charge in [-0.3, -0.25) is 9.59 Å². The molecule has 0 radical (unpaired) electrons. The minimum Gasteiger partial charge on any atom is -0.351 e. The number of benzene rings is 1. The first-order valence-corrected chi connectivity index (χ1v) is 12.4. The van der Waals surface area contributed by atoms with Crippen LogP contribution in [0.25, 0.3) is 11.0 Å². The number of fused-ring (bicyclic) bond motifs is 3. The zero-order valence-electron chi connectivity index (χ0n) is 18.9. The Morgan fingerprint density at radius 3 is 2.81 bits per heavy atom. The van der Waals surface area contributed by atoms with Gasteiger partial charge >= 0.3 is 0 Å². The molecule has 1 aliphatic heterocycles. The van der Waals surface area contributed by atoms with Crippen LogP contribution in [0, 0.1) is 11.8 Å². The predicted octanol–water partition coefficient (Wildman–Crippen LogP) is 4.45. The van der Waals surface area contributed by atoms with Crippen LogP contribution in [-0.4, -0.2) is 37.8 Å². The Balaban J connectivity index is 1.53. The first kappa shape index (κ1) is 21.2. The standard InChI is InChI=1S/C25H30N4O2S/c1-16-8-6-11-19(17(16)2)27-24(31)25(3)15-28-21-12-5-4-10-20(21)26-22(28)23(30)29(25)14-18-9-7-13-32-18/h4-5,7,9-10,12-13,16-17,19H,6,8,11,14-15H2,1-3H3,(H,27,31)/t16-,17-,19+,25-/m1/s1. The summed E-state index contributed by atoms with van der Waals surface area (Å²) in [5.41, 5.74) is 0.675. The summed E-state index contributed by atoms with van der Waals surface area (Å²) in [5.74, 6) is 1.15. The van der Waals surface area contributed by atoms with Crippen molar-refractivity contribution in [2.24, 2.45) is 11.8 Å². The number of imidazole rings is 1. The monoisotopic (exact) mass is 450 g/mol. The van der Waals surface area contributed by atoms with Gasteiger partial charge in [0.2, 0.25) is 5.91 Å². The fraction of sp³-hybridized carbons (Fsp3) is 0.480. The molecule has 1 N–H and O–H groups in total. The summed E-state index contributed by atoms with van der Waals surface area (Å²) in [6.45, 7) is 7.20. The molecule has 1 fully saturated rings. The number of hydrogen-bond acceptors (Lipinski definition) is 4. The fourth-order valence-corrected chi connectivity index (χ4v) is 5.94. The highest BCUT2D eigenvalue weighted by Gasteiger charge is 2.49. The number of para-hydroxylation sites is 2. The Bertz CT molecular complexity index is 1150. The normalized spacial score (nSPS) is 28.0. The van der Waals surface area contributed by atoms with Gasteiger partial charge in [0, 0.05) is 10.9 Å². The van der Waals surface area contributed by atoms with E-state index < -0.39 is 5.54 Å². The Morgan fingerprint density at radius 1 is 1.22 bits per heavy atom. The minimum absolute atomic E-state index is 0.0724. The first-order valence-electron chi connectivity index (χ1n) is 11.5. The number of rotatable bonds is 4. The number of hydrogen-bond donors (Lipinski definition) is 1. The topological polar surface area (TPSA) is 67.2 Å². The number of nitrogens with one attached hydrogen (secondary N) is 1. The predicted molar refractivity (Wildman–Crippen MR) is 126 cm³/mol. The minimum atomic E-state index is -1.00. The van der Waals surface area contributed by atoms with Crippen LogP contribution in [0.4, 0.5) is 0 Å². The van der Waals surface area contributed by atoms with E-state index in [0.717, 1.165) is 28.8 Å². The lowest BCUT2D eigenvalue weighted by Crippen LogP contribution is -2.65. The van der Waals surface area contributed by atoms with Gasteiger partial charge in [-0.25, -0.2) is 4.98 Å². The molecule has 1 saturated carbocycles. The fourth-order valence-electron chi connectivity index (χ4n) is 5.25. The van der Waals surface area contributed by atoms with Crippen LogP contribution < -0.4 is 5.32 Å². The molecule has 0 saturated heterocycles. The summed E-state index contributed by atoms with van der Waals surface area (Å²) in [4.78, 5) is 35.0. The molecule has 0 bridgehead atoms. The molecule has 3 heterocycles. The van der Waals surface area contributed by atoms with Crippen molar-refractivity contribution in [3.8, 4) is 0 Å². The van der Waals surface area contributed by atoms with Gasteiger partial charge in [0.05, 0.1) is 24.1 Å². The molecule has 2 aliphatic rings. The number of nitrogens with zero attached hydrogens (tertiary/aromatic N) is 3. The summed E-state index contributed by atoms with van der Waals surface area (Å²) in [6.07, 6.45) is 3.32. The molecule has 7 heteroatoms. The van der Waals surface area contributed by atoms with Crippen molar-refractivity contribution in [2.75, 3.05) is 0 Å². The maximum Gasteiger partial charge on any atom is 0.291 e. The van der Waals surface area contributed by atoms with Gasteiger partial charge in [0.15, 0.2) is 5.82 Å². The molecule has 32 heavy (non-hydrogen) atoms.